The minimum Gasteiger partial charge on any atom is -0.485 e. The summed E-state index contributed by atoms with van der Waals surface area (Å²) in [5.41, 5.74) is 0.688. The van der Waals surface area contributed by atoms with Crippen molar-refractivity contribution in [2.75, 3.05) is 44.6 Å². The molecule has 168 valence electrons. The van der Waals surface area contributed by atoms with Gasteiger partial charge in [-0.05, 0) is 24.3 Å². The van der Waals surface area contributed by atoms with E-state index in [1.54, 1.807) is 34.1 Å². The van der Waals surface area contributed by atoms with Crippen LogP contribution in [-0.4, -0.2) is 73.1 Å². The molecule has 4 rings (SSSR count). The lowest BCUT2D eigenvalue weighted by Gasteiger charge is -2.37. The maximum atomic E-state index is 12.8. The van der Waals surface area contributed by atoms with E-state index in [1.165, 1.54) is 0 Å². The van der Waals surface area contributed by atoms with Gasteiger partial charge in [0.15, 0.2) is 11.5 Å². The van der Waals surface area contributed by atoms with Gasteiger partial charge in [-0.2, -0.15) is 0 Å². The molecule has 2 heterocycles. The van der Waals surface area contributed by atoms with Crippen LogP contribution in [0.4, 0.5) is 10.5 Å². The van der Waals surface area contributed by atoms with Crippen molar-refractivity contribution >= 4 is 23.5 Å². The van der Waals surface area contributed by atoms with Gasteiger partial charge < -0.3 is 29.9 Å². The molecule has 0 bridgehead atoms. The van der Waals surface area contributed by atoms with Crippen LogP contribution in [0.2, 0.25) is 0 Å². The fourth-order valence-electron chi connectivity index (χ4n) is 3.66. The summed E-state index contributed by atoms with van der Waals surface area (Å²) in [6.07, 6.45) is -0.480. The zero-order valence-corrected chi connectivity index (χ0v) is 17.7. The maximum Gasteiger partial charge on any atom is 0.319 e. The Kier molecular flexibility index (Phi) is 6.74. The minimum absolute atomic E-state index is 0.0525. The van der Waals surface area contributed by atoms with Crippen molar-refractivity contribution in [3.05, 3.63) is 54.6 Å². The van der Waals surface area contributed by atoms with Crippen LogP contribution < -0.4 is 20.1 Å². The number of urea groups is 1. The summed E-state index contributed by atoms with van der Waals surface area (Å²) in [6, 6.07) is 16.0. The average molecular weight is 438 g/mol. The molecular formula is C23H26N4O5. The minimum atomic E-state index is -0.681. The summed E-state index contributed by atoms with van der Waals surface area (Å²) in [6.45, 7) is 2.19. The van der Waals surface area contributed by atoms with E-state index in [2.05, 4.69) is 10.6 Å². The van der Waals surface area contributed by atoms with Gasteiger partial charge in [-0.3, -0.25) is 9.59 Å². The monoisotopic (exact) mass is 438 g/mol. The molecule has 9 nitrogen and oxygen atoms in total. The van der Waals surface area contributed by atoms with Gasteiger partial charge >= 0.3 is 6.03 Å². The number of ether oxygens (including phenoxy) is 2. The lowest BCUT2D eigenvalue weighted by molar-refractivity contribution is -0.146. The number of piperazine rings is 1. The Hall–Kier alpha value is -3.75. The lowest BCUT2D eigenvalue weighted by atomic mass is 10.2. The number of carbonyl (C=O) groups excluding carboxylic acids is 3. The molecule has 0 saturated carbocycles. The quantitative estimate of drug-likeness (QED) is 0.740. The first-order valence-electron chi connectivity index (χ1n) is 10.6. The van der Waals surface area contributed by atoms with E-state index in [0.29, 0.717) is 43.4 Å². The second-order valence-electron chi connectivity index (χ2n) is 7.57. The molecule has 2 N–H and O–H groups in total. The number of hydrogen-bond acceptors (Lipinski definition) is 5. The zero-order valence-electron chi connectivity index (χ0n) is 17.7. The van der Waals surface area contributed by atoms with E-state index in [0.717, 1.165) is 0 Å². The number of amides is 4. The van der Waals surface area contributed by atoms with Gasteiger partial charge in [0.2, 0.25) is 12.0 Å². The molecular weight excluding hydrogens is 412 g/mol. The molecule has 1 atom stereocenters. The van der Waals surface area contributed by atoms with Crippen molar-refractivity contribution in [3.8, 4) is 11.5 Å². The summed E-state index contributed by atoms with van der Waals surface area (Å²) >= 11 is 0. The summed E-state index contributed by atoms with van der Waals surface area (Å²) in [7, 11) is 0. The SMILES string of the molecule is O=C(NCCC(=O)N1CCN(C(=O)C2COc3ccccc3O2)CC1)Nc1ccccc1. The van der Waals surface area contributed by atoms with Crippen molar-refractivity contribution in [3.63, 3.8) is 0 Å². The number of hydrogen-bond donors (Lipinski definition) is 2. The predicted octanol–water partition coefficient (Wildman–Crippen LogP) is 1.71. The molecule has 2 aliphatic rings. The third-order valence-electron chi connectivity index (χ3n) is 5.38. The third kappa shape index (κ3) is 5.29. The summed E-state index contributed by atoms with van der Waals surface area (Å²) in [4.78, 5) is 40.6. The summed E-state index contributed by atoms with van der Waals surface area (Å²) < 4.78 is 11.4. The molecule has 0 spiro atoms. The molecule has 1 unspecified atom stereocenters. The Labute approximate surface area is 186 Å². The van der Waals surface area contributed by atoms with Gasteiger partial charge in [-0.1, -0.05) is 30.3 Å². The topological polar surface area (TPSA) is 100 Å². The molecule has 0 radical (unpaired) electrons. The standard InChI is InChI=1S/C23H26N4O5/c28-21(10-11-24-23(30)25-17-6-2-1-3-7-17)26-12-14-27(15-13-26)22(29)20-16-31-18-8-4-5-9-19(18)32-20/h1-9,20H,10-16H2,(H2,24,25,30). The van der Waals surface area contributed by atoms with Gasteiger partial charge in [0.05, 0.1) is 0 Å². The Bertz CT molecular complexity index is 960. The fraction of sp³-hybridized carbons (Fsp3) is 0.348. The van der Waals surface area contributed by atoms with Gasteiger partial charge in [-0.25, -0.2) is 4.79 Å². The highest BCUT2D eigenvalue weighted by molar-refractivity contribution is 5.89. The van der Waals surface area contributed by atoms with Crippen molar-refractivity contribution in [1.29, 1.82) is 0 Å². The Balaban J connectivity index is 1.17. The molecule has 4 amide bonds. The Morgan fingerprint density at radius 3 is 2.28 bits per heavy atom. The van der Waals surface area contributed by atoms with Crippen LogP contribution in [0.3, 0.4) is 0 Å². The van der Waals surface area contributed by atoms with Gasteiger partial charge in [0.1, 0.15) is 6.61 Å². The number of para-hydroxylation sites is 3. The second-order valence-corrected chi connectivity index (χ2v) is 7.57. The molecule has 32 heavy (non-hydrogen) atoms. The molecule has 0 aliphatic carbocycles. The Morgan fingerprint density at radius 2 is 1.53 bits per heavy atom. The van der Waals surface area contributed by atoms with Crippen LogP contribution in [0.25, 0.3) is 0 Å². The summed E-state index contributed by atoms with van der Waals surface area (Å²) in [5, 5.41) is 5.40. The van der Waals surface area contributed by atoms with E-state index in [4.69, 9.17) is 9.47 Å². The second kappa shape index (κ2) is 10.0. The molecule has 0 aromatic heterocycles. The number of anilines is 1. The van der Waals surface area contributed by atoms with E-state index < -0.39 is 6.10 Å². The van der Waals surface area contributed by atoms with Crippen molar-refractivity contribution in [2.45, 2.75) is 12.5 Å². The number of benzene rings is 2. The number of nitrogens with one attached hydrogen (secondary N) is 2. The highest BCUT2D eigenvalue weighted by Crippen LogP contribution is 2.31. The number of carbonyl (C=O) groups is 3. The van der Waals surface area contributed by atoms with Crippen LogP contribution in [0.1, 0.15) is 6.42 Å². The van der Waals surface area contributed by atoms with Gasteiger partial charge in [0, 0.05) is 44.8 Å². The van der Waals surface area contributed by atoms with E-state index in [1.807, 2.05) is 30.3 Å². The van der Waals surface area contributed by atoms with Crippen LogP contribution in [-0.2, 0) is 9.59 Å². The number of nitrogens with zero attached hydrogens (tertiary/aromatic N) is 2. The first kappa shape index (κ1) is 21.5. The first-order valence-corrected chi connectivity index (χ1v) is 10.6. The molecule has 1 saturated heterocycles. The van der Waals surface area contributed by atoms with Crippen molar-refractivity contribution in [1.82, 2.24) is 15.1 Å². The highest BCUT2D eigenvalue weighted by Gasteiger charge is 2.33. The van der Waals surface area contributed by atoms with E-state index >= 15 is 0 Å². The zero-order chi connectivity index (χ0) is 22.3. The van der Waals surface area contributed by atoms with E-state index in [9.17, 15) is 14.4 Å². The Morgan fingerprint density at radius 1 is 0.875 bits per heavy atom. The number of rotatable bonds is 5. The van der Waals surface area contributed by atoms with Gasteiger partial charge in [0.25, 0.3) is 5.91 Å². The molecule has 2 aromatic rings. The van der Waals surface area contributed by atoms with Gasteiger partial charge in [-0.15, -0.1) is 0 Å². The van der Waals surface area contributed by atoms with Crippen LogP contribution in [0.15, 0.2) is 54.6 Å². The largest absolute Gasteiger partial charge is 0.485 e. The molecule has 2 aromatic carbocycles. The summed E-state index contributed by atoms with van der Waals surface area (Å²) in [5.74, 6) is 1.02. The van der Waals surface area contributed by atoms with Crippen LogP contribution >= 0.6 is 0 Å². The smallest absolute Gasteiger partial charge is 0.319 e. The van der Waals surface area contributed by atoms with Crippen molar-refractivity contribution < 1.29 is 23.9 Å². The van der Waals surface area contributed by atoms with Crippen LogP contribution in [0.5, 0.6) is 11.5 Å². The normalized spacial score (nSPS) is 17.4. The fourth-order valence-corrected chi connectivity index (χ4v) is 3.66. The predicted molar refractivity (Wildman–Crippen MR) is 118 cm³/mol. The van der Waals surface area contributed by atoms with Crippen molar-refractivity contribution in [2.24, 2.45) is 0 Å². The molecule has 2 aliphatic heterocycles. The molecule has 9 heteroatoms. The third-order valence-corrected chi connectivity index (χ3v) is 5.38. The first-order chi connectivity index (χ1) is 15.6. The maximum absolute atomic E-state index is 12.8. The average Bonchev–Trinajstić information content (AvgIpc) is 2.84. The highest BCUT2D eigenvalue weighted by atomic mass is 16.6. The lowest BCUT2D eigenvalue weighted by Crippen LogP contribution is -2.55. The number of fused-ring (bicyclic) bond motifs is 1. The van der Waals surface area contributed by atoms with Crippen LogP contribution in [0, 0.1) is 0 Å². The van der Waals surface area contributed by atoms with E-state index in [-0.39, 0.29) is 37.4 Å². The molecule has 1 fully saturated rings.